The van der Waals surface area contributed by atoms with E-state index in [4.69, 9.17) is 10.8 Å². The number of rotatable bonds is 2. The van der Waals surface area contributed by atoms with Crippen molar-refractivity contribution in [1.82, 2.24) is 4.72 Å². The molecular formula is C7H9FN2O3S. The lowest BCUT2D eigenvalue weighted by Crippen LogP contribution is -2.20. The van der Waals surface area contributed by atoms with E-state index >= 15 is 0 Å². The van der Waals surface area contributed by atoms with Crippen LogP contribution < -0.4 is 10.5 Å². The Morgan fingerprint density at radius 1 is 1.50 bits per heavy atom. The normalized spacial score (nSPS) is 11.6. The largest absolute Gasteiger partial charge is 0.506 e. The maximum Gasteiger partial charge on any atom is 0.243 e. The molecule has 0 aromatic heterocycles. The van der Waals surface area contributed by atoms with Gasteiger partial charge in [0.1, 0.15) is 16.5 Å². The summed E-state index contributed by atoms with van der Waals surface area (Å²) in [7, 11) is -2.73. The Hall–Kier alpha value is -1.34. The first-order chi connectivity index (χ1) is 6.38. The van der Waals surface area contributed by atoms with E-state index in [9.17, 15) is 12.8 Å². The molecule has 0 unspecified atom stereocenters. The Labute approximate surface area is 80.4 Å². The topological polar surface area (TPSA) is 92.4 Å². The number of phenolic OH excluding ortho intramolecular Hbond substituents is 1. The van der Waals surface area contributed by atoms with Gasteiger partial charge in [0.05, 0.1) is 5.69 Å². The first-order valence-electron chi connectivity index (χ1n) is 3.60. The third-order valence-electron chi connectivity index (χ3n) is 1.64. The summed E-state index contributed by atoms with van der Waals surface area (Å²) in [5, 5.41) is 8.98. The van der Waals surface area contributed by atoms with Gasteiger partial charge in [0.15, 0.2) is 0 Å². The molecule has 0 atom stereocenters. The molecule has 0 spiro atoms. The summed E-state index contributed by atoms with van der Waals surface area (Å²) in [6.45, 7) is 0. The molecule has 0 bridgehead atoms. The molecule has 1 rings (SSSR count). The van der Waals surface area contributed by atoms with Crippen LogP contribution in [0.25, 0.3) is 0 Å². The fourth-order valence-corrected chi connectivity index (χ4v) is 1.69. The molecule has 1 aromatic rings. The minimum absolute atomic E-state index is 0.194. The van der Waals surface area contributed by atoms with Crippen LogP contribution in [0.2, 0.25) is 0 Å². The number of nitrogens with one attached hydrogen (secondary N) is 1. The Balaban J connectivity index is 3.45. The van der Waals surface area contributed by atoms with Gasteiger partial charge in [-0.15, -0.1) is 0 Å². The van der Waals surface area contributed by atoms with E-state index in [0.717, 1.165) is 13.1 Å². The number of hydrogen-bond donors (Lipinski definition) is 3. The van der Waals surface area contributed by atoms with Crippen LogP contribution in [0.3, 0.4) is 0 Å². The summed E-state index contributed by atoms with van der Waals surface area (Å²) < 4.78 is 37.4. The van der Waals surface area contributed by atoms with Crippen LogP contribution in [0.5, 0.6) is 5.75 Å². The van der Waals surface area contributed by atoms with E-state index in [2.05, 4.69) is 0 Å². The molecule has 0 amide bonds. The van der Waals surface area contributed by atoms with Crippen LogP contribution >= 0.6 is 0 Å². The number of nitrogen functional groups attached to an aromatic ring is 1. The van der Waals surface area contributed by atoms with Gasteiger partial charge in [0, 0.05) is 6.07 Å². The van der Waals surface area contributed by atoms with E-state index in [1.54, 1.807) is 0 Å². The molecule has 1 aromatic carbocycles. The zero-order valence-corrected chi connectivity index (χ0v) is 8.10. The van der Waals surface area contributed by atoms with Crippen LogP contribution in [0.15, 0.2) is 17.0 Å². The fraction of sp³-hybridized carbons (Fsp3) is 0.143. The third-order valence-corrected chi connectivity index (χ3v) is 3.07. The summed E-state index contributed by atoms with van der Waals surface area (Å²) >= 11 is 0. The van der Waals surface area contributed by atoms with Crippen LogP contribution in [-0.4, -0.2) is 20.6 Å². The Morgan fingerprint density at radius 3 is 2.57 bits per heavy atom. The fourth-order valence-electron chi connectivity index (χ4n) is 0.875. The first kappa shape index (κ1) is 10.7. The van der Waals surface area contributed by atoms with Crippen molar-refractivity contribution in [2.45, 2.75) is 4.90 Å². The van der Waals surface area contributed by atoms with E-state index in [1.165, 1.54) is 0 Å². The van der Waals surface area contributed by atoms with Crippen molar-refractivity contribution in [1.29, 1.82) is 0 Å². The molecule has 0 saturated carbocycles. The summed E-state index contributed by atoms with van der Waals surface area (Å²) in [6.07, 6.45) is 0. The molecule has 7 heteroatoms. The van der Waals surface area contributed by atoms with E-state index in [1.807, 2.05) is 4.72 Å². The molecule has 0 aliphatic carbocycles. The van der Waals surface area contributed by atoms with Crippen molar-refractivity contribution in [2.24, 2.45) is 0 Å². The van der Waals surface area contributed by atoms with Crippen LogP contribution in [-0.2, 0) is 10.0 Å². The molecule has 0 aliphatic heterocycles. The van der Waals surface area contributed by atoms with Crippen LogP contribution in [0.4, 0.5) is 10.1 Å². The first-order valence-corrected chi connectivity index (χ1v) is 5.08. The van der Waals surface area contributed by atoms with Crippen molar-refractivity contribution in [3.63, 3.8) is 0 Å². The standard InChI is InChI=1S/C7H9FN2O3S/c1-10-14(12,13)7-3-5(9)6(11)2-4(7)8/h2-3,10-11H,9H2,1H3. The average Bonchev–Trinajstić information content (AvgIpc) is 2.11. The van der Waals surface area contributed by atoms with Gasteiger partial charge in [0.25, 0.3) is 0 Å². The number of phenols is 1. The molecule has 0 radical (unpaired) electrons. The number of halogens is 1. The van der Waals surface area contributed by atoms with Crippen LogP contribution in [0.1, 0.15) is 0 Å². The molecule has 5 nitrogen and oxygen atoms in total. The highest BCUT2D eigenvalue weighted by atomic mass is 32.2. The Kier molecular flexibility index (Phi) is 2.63. The van der Waals surface area contributed by atoms with Crippen LogP contribution in [0, 0.1) is 5.82 Å². The van der Waals surface area contributed by atoms with Gasteiger partial charge in [-0.1, -0.05) is 0 Å². The molecule has 0 heterocycles. The minimum Gasteiger partial charge on any atom is -0.506 e. The van der Waals surface area contributed by atoms with Gasteiger partial charge >= 0.3 is 0 Å². The lowest BCUT2D eigenvalue weighted by Gasteiger charge is -2.06. The summed E-state index contributed by atoms with van der Waals surface area (Å²) in [6, 6.07) is 1.51. The highest BCUT2D eigenvalue weighted by Crippen LogP contribution is 2.26. The Bertz CT molecular complexity index is 458. The highest BCUT2D eigenvalue weighted by Gasteiger charge is 2.18. The molecule has 0 fully saturated rings. The molecule has 0 saturated heterocycles. The number of hydrogen-bond acceptors (Lipinski definition) is 4. The molecule has 4 N–H and O–H groups in total. The second-order valence-electron chi connectivity index (χ2n) is 2.55. The summed E-state index contributed by atoms with van der Waals surface area (Å²) in [5.41, 5.74) is 5.04. The zero-order valence-electron chi connectivity index (χ0n) is 7.28. The second kappa shape index (κ2) is 3.43. The lowest BCUT2D eigenvalue weighted by molar-refractivity contribution is 0.468. The van der Waals surface area contributed by atoms with E-state index in [-0.39, 0.29) is 5.69 Å². The lowest BCUT2D eigenvalue weighted by atomic mass is 10.3. The van der Waals surface area contributed by atoms with Crippen molar-refractivity contribution < 1.29 is 17.9 Å². The molecule has 78 valence electrons. The quantitative estimate of drug-likeness (QED) is 0.484. The average molecular weight is 220 g/mol. The van der Waals surface area contributed by atoms with Crippen molar-refractivity contribution >= 4 is 15.7 Å². The smallest absolute Gasteiger partial charge is 0.243 e. The Morgan fingerprint density at radius 2 is 2.07 bits per heavy atom. The maximum absolute atomic E-state index is 13.1. The van der Waals surface area contributed by atoms with Gasteiger partial charge in [-0.25, -0.2) is 17.5 Å². The number of nitrogens with two attached hydrogens (primary N) is 1. The van der Waals surface area contributed by atoms with Crippen molar-refractivity contribution in [3.8, 4) is 5.75 Å². The number of aromatic hydroxyl groups is 1. The van der Waals surface area contributed by atoms with Gasteiger partial charge in [-0.3, -0.25) is 0 Å². The molecule has 14 heavy (non-hydrogen) atoms. The number of sulfonamides is 1. The van der Waals surface area contributed by atoms with E-state index in [0.29, 0.717) is 6.07 Å². The van der Waals surface area contributed by atoms with Gasteiger partial charge < -0.3 is 10.8 Å². The SMILES string of the molecule is CNS(=O)(=O)c1cc(N)c(O)cc1F. The number of benzene rings is 1. The second-order valence-corrected chi connectivity index (χ2v) is 4.40. The zero-order chi connectivity index (χ0) is 10.9. The predicted octanol–water partition coefficient (Wildman–Crippen LogP) is 0.0216. The summed E-state index contributed by atoms with van der Waals surface area (Å²) in [4.78, 5) is -0.588. The van der Waals surface area contributed by atoms with E-state index < -0.39 is 26.5 Å². The third kappa shape index (κ3) is 1.78. The molecule has 0 aliphatic rings. The molecular weight excluding hydrogens is 211 g/mol. The van der Waals surface area contributed by atoms with Gasteiger partial charge in [-0.2, -0.15) is 0 Å². The minimum atomic E-state index is -3.88. The van der Waals surface area contributed by atoms with Crippen molar-refractivity contribution in [2.75, 3.05) is 12.8 Å². The van der Waals surface area contributed by atoms with Gasteiger partial charge in [0.2, 0.25) is 10.0 Å². The van der Waals surface area contributed by atoms with Gasteiger partial charge in [-0.05, 0) is 13.1 Å². The predicted molar refractivity (Wildman–Crippen MR) is 48.7 cm³/mol. The maximum atomic E-state index is 13.1. The summed E-state index contributed by atoms with van der Waals surface area (Å²) in [5.74, 6) is -1.54. The monoisotopic (exact) mass is 220 g/mol. The number of anilines is 1. The highest BCUT2D eigenvalue weighted by molar-refractivity contribution is 7.89. The van der Waals surface area contributed by atoms with Crippen molar-refractivity contribution in [3.05, 3.63) is 17.9 Å².